The van der Waals surface area contributed by atoms with E-state index in [-0.39, 0.29) is 18.0 Å². The van der Waals surface area contributed by atoms with E-state index in [1.54, 1.807) is 14.0 Å². The Bertz CT molecular complexity index is 296. The maximum Gasteiger partial charge on any atom is 0.307 e. The molecule has 6 nitrogen and oxygen atoms in total. The molecule has 17 heavy (non-hydrogen) atoms. The van der Waals surface area contributed by atoms with Crippen molar-refractivity contribution in [2.45, 2.75) is 25.9 Å². The number of carbonyl (C=O) groups excluding carboxylic acids is 1. The molecule has 1 aliphatic rings. The summed E-state index contributed by atoms with van der Waals surface area (Å²) in [5, 5.41) is 14.8. The van der Waals surface area contributed by atoms with Crippen molar-refractivity contribution in [1.82, 2.24) is 15.5 Å². The molecule has 98 valence electrons. The lowest BCUT2D eigenvalue weighted by atomic mass is 9.99. The number of nitrogens with one attached hydrogen (secondary N) is 2. The van der Waals surface area contributed by atoms with Gasteiger partial charge in [-0.3, -0.25) is 14.5 Å². The maximum absolute atomic E-state index is 11.7. The van der Waals surface area contributed by atoms with Crippen LogP contribution in [0.3, 0.4) is 0 Å². The largest absolute Gasteiger partial charge is 0.481 e. The van der Waals surface area contributed by atoms with E-state index in [1.807, 2.05) is 11.8 Å². The van der Waals surface area contributed by atoms with Gasteiger partial charge in [0.2, 0.25) is 5.91 Å². The molecule has 3 unspecified atom stereocenters. The third-order valence-electron chi connectivity index (χ3n) is 3.47. The summed E-state index contributed by atoms with van der Waals surface area (Å²) in [5.41, 5.74) is 0. The monoisotopic (exact) mass is 243 g/mol. The van der Waals surface area contributed by atoms with Crippen molar-refractivity contribution in [3.63, 3.8) is 0 Å². The zero-order valence-corrected chi connectivity index (χ0v) is 10.6. The fourth-order valence-electron chi connectivity index (χ4n) is 2.11. The van der Waals surface area contributed by atoms with Gasteiger partial charge in [0.25, 0.3) is 0 Å². The minimum Gasteiger partial charge on any atom is -0.481 e. The van der Waals surface area contributed by atoms with Crippen LogP contribution in [0.2, 0.25) is 0 Å². The van der Waals surface area contributed by atoms with Crippen LogP contribution in [0.1, 0.15) is 13.8 Å². The van der Waals surface area contributed by atoms with Gasteiger partial charge in [-0.25, -0.2) is 0 Å². The predicted molar refractivity (Wildman–Crippen MR) is 63.7 cm³/mol. The molecular weight excluding hydrogens is 222 g/mol. The molecule has 0 aromatic heterocycles. The lowest BCUT2D eigenvalue weighted by Gasteiger charge is -2.40. The van der Waals surface area contributed by atoms with Crippen LogP contribution in [0.5, 0.6) is 0 Å². The summed E-state index contributed by atoms with van der Waals surface area (Å²) in [6.07, 6.45) is 0. The van der Waals surface area contributed by atoms with Crippen molar-refractivity contribution in [3.8, 4) is 0 Å². The fourth-order valence-corrected chi connectivity index (χ4v) is 2.11. The van der Waals surface area contributed by atoms with Gasteiger partial charge < -0.3 is 15.7 Å². The van der Waals surface area contributed by atoms with E-state index in [4.69, 9.17) is 5.11 Å². The number of carboxylic acid groups (broad SMARTS) is 1. The highest BCUT2D eigenvalue weighted by molar-refractivity contribution is 5.82. The van der Waals surface area contributed by atoms with Gasteiger partial charge in [0.1, 0.15) is 6.04 Å². The first kappa shape index (κ1) is 13.9. The van der Waals surface area contributed by atoms with Crippen LogP contribution in [0, 0.1) is 5.92 Å². The Labute approximate surface area is 101 Å². The van der Waals surface area contributed by atoms with Crippen molar-refractivity contribution in [2.75, 3.05) is 26.7 Å². The second kappa shape index (κ2) is 5.97. The first-order chi connectivity index (χ1) is 7.99. The zero-order valence-electron chi connectivity index (χ0n) is 10.6. The van der Waals surface area contributed by atoms with Crippen molar-refractivity contribution in [2.24, 2.45) is 5.92 Å². The van der Waals surface area contributed by atoms with E-state index in [0.29, 0.717) is 13.1 Å². The minimum absolute atomic E-state index is 0.0679. The quantitative estimate of drug-likeness (QED) is 0.597. The van der Waals surface area contributed by atoms with Crippen LogP contribution < -0.4 is 10.6 Å². The highest BCUT2D eigenvalue weighted by Crippen LogP contribution is 2.16. The summed E-state index contributed by atoms with van der Waals surface area (Å²) in [6.45, 7) is 5.58. The van der Waals surface area contributed by atoms with Gasteiger partial charge in [0.05, 0.1) is 5.92 Å². The zero-order chi connectivity index (χ0) is 13.0. The number of hydrogen-bond donors (Lipinski definition) is 3. The van der Waals surface area contributed by atoms with Crippen molar-refractivity contribution >= 4 is 11.9 Å². The van der Waals surface area contributed by atoms with E-state index in [9.17, 15) is 9.59 Å². The standard InChI is InChI=1S/C11H21N3O3/c1-7(11(16)17)8(2)14-5-4-13-6-9(14)10(15)12-3/h7-9,13H,4-6H2,1-3H3,(H,12,15)(H,16,17). The molecule has 1 rings (SSSR count). The van der Waals surface area contributed by atoms with Crippen LogP contribution in [-0.4, -0.2) is 60.6 Å². The van der Waals surface area contributed by atoms with Gasteiger partial charge in [-0.2, -0.15) is 0 Å². The highest BCUT2D eigenvalue weighted by Gasteiger charge is 2.35. The molecule has 0 aromatic rings. The van der Waals surface area contributed by atoms with E-state index in [2.05, 4.69) is 10.6 Å². The average molecular weight is 243 g/mol. The Morgan fingerprint density at radius 1 is 1.47 bits per heavy atom. The van der Waals surface area contributed by atoms with Crippen LogP contribution in [0.25, 0.3) is 0 Å². The van der Waals surface area contributed by atoms with Gasteiger partial charge >= 0.3 is 5.97 Å². The van der Waals surface area contributed by atoms with Crippen molar-refractivity contribution in [1.29, 1.82) is 0 Å². The second-order valence-electron chi connectivity index (χ2n) is 4.44. The average Bonchev–Trinajstić information content (AvgIpc) is 2.35. The SMILES string of the molecule is CNC(=O)C1CNCCN1C(C)C(C)C(=O)O. The Morgan fingerprint density at radius 2 is 2.12 bits per heavy atom. The van der Waals surface area contributed by atoms with Gasteiger partial charge in [-0.1, -0.05) is 6.92 Å². The van der Waals surface area contributed by atoms with E-state index in [1.165, 1.54) is 0 Å². The lowest BCUT2D eigenvalue weighted by molar-refractivity contribution is -0.145. The molecule has 0 radical (unpaired) electrons. The summed E-state index contributed by atoms with van der Waals surface area (Å²) in [7, 11) is 1.60. The summed E-state index contributed by atoms with van der Waals surface area (Å²) in [5.74, 6) is -1.38. The second-order valence-corrected chi connectivity index (χ2v) is 4.44. The molecule has 3 atom stereocenters. The minimum atomic E-state index is -0.827. The molecule has 0 aromatic carbocycles. The summed E-state index contributed by atoms with van der Waals surface area (Å²) in [6, 6.07) is -0.442. The van der Waals surface area contributed by atoms with Crippen molar-refractivity contribution < 1.29 is 14.7 Å². The Hall–Kier alpha value is -1.14. The molecular formula is C11H21N3O3. The molecule has 0 aliphatic carbocycles. The third kappa shape index (κ3) is 3.17. The summed E-state index contributed by atoms with van der Waals surface area (Å²) in [4.78, 5) is 24.7. The van der Waals surface area contributed by atoms with Gasteiger partial charge in [-0.05, 0) is 6.92 Å². The number of rotatable bonds is 4. The van der Waals surface area contributed by atoms with Crippen LogP contribution in [0.4, 0.5) is 0 Å². The molecule has 1 amide bonds. The lowest BCUT2D eigenvalue weighted by Crippen LogP contribution is -2.61. The van der Waals surface area contributed by atoms with E-state index in [0.717, 1.165) is 6.54 Å². The molecule has 0 bridgehead atoms. The van der Waals surface area contributed by atoms with Crippen molar-refractivity contribution in [3.05, 3.63) is 0 Å². The fraction of sp³-hybridized carbons (Fsp3) is 0.818. The number of amides is 1. The number of nitrogens with zero attached hydrogens (tertiary/aromatic N) is 1. The molecule has 3 N–H and O–H groups in total. The Kier molecular flexibility index (Phi) is 4.89. The topological polar surface area (TPSA) is 81.7 Å². The summed E-state index contributed by atoms with van der Waals surface area (Å²) >= 11 is 0. The van der Waals surface area contributed by atoms with Gasteiger partial charge in [-0.15, -0.1) is 0 Å². The molecule has 1 aliphatic heterocycles. The van der Waals surface area contributed by atoms with Crippen LogP contribution in [-0.2, 0) is 9.59 Å². The highest BCUT2D eigenvalue weighted by atomic mass is 16.4. The molecule has 6 heteroatoms. The predicted octanol–water partition coefficient (Wildman–Crippen LogP) is -0.885. The van der Waals surface area contributed by atoms with E-state index >= 15 is 0 Å². The molecule has 1 saturated heterocycles. The molecule has 0 spiro atoms. The maximum atomic E-state index is 11.7. The van der Waals surface area contributed by atoms with Gasteiger partial charge in [0, 0.05) is 32.7 Å². The Balaban J connectivity index is 2.77. The molecule has 0 saturated carbocycles. The first-order valence-corrected chi connectivity index (χ1v) is 5.90. The first-order valence-electron chi connectivity index (χ1n) is 5.90. The number of likely N-dealkylation sites (N-methyl/N-ethyl adjacent to an activating group) is 1. The number of carbonyl (C=O) groups is 2. The third-order valence-corrected chi connectivity index (χ3v) is 3.47. The molecule has 1 heterocycles. The molecule has 1 fully saturated rings. The summed E-state index contributed by atoms with van der Waals surface area (Å²) < 4.78 is 0. The number of piperazine rings is 1. The number of hydrogen-bond acceptors (Lipinski definition) is 4. The van der Waals surface area contributed by atoms with Gasteiger partial charge in [0.15, 0.2) is 0 Å². The van der Waals surface area contributed by atoms with Crippen LogP contribution in [0.15, 0.2) is 0 Å². The Morgan fingerprint density at radius 3 is 2.65 bits per heavy atom. The smallest absolute Gasteiger partial charge is 0.307 e. The van der Waals surface area contributed by atoms with E-state index < -0.39 is 11.9 Å². The van der Waals surface area contributed by atoms with Crippen LogP contribution >= 0.6 is 0 Å². The normalized spacial score (nSPS) is 25.0. The number of aliphatic carboxylic acids is 1. The number of carboxylic acids is 1.